The normalized spacial score (nSPS) is 18.6. The van der Waals surface area contributed by atoms with Crippen LogP contribution in [0.5, 0.6) is 0 Å². The van der Waals surface area contributed by atoms with Crippen molar-refractivity contribution in [1.29, 1.82) is 0 Å². The van der Waals surface area contributed by atoms with Crippen molar-refractivity contribution in [2.45, 2.75) is 39.2 Å². The first-order chi connectivity index (χ1) is 10.9. The van der Waals surface area contributed by atoms with Crippen molar-refractivity contribution in [3.05, 3.63) is 34.6 Å². The summed E-state index contributed by atoms with van der Waals surface area (Å²) in [5, 5.41) is 12.7. The van der Waals surface area contributed by atoms with Crippen LogP contribution in [0, 0.1) is 11.2 Å². The Morgan fingerprint density at radius 1 is 1.48 bits per heavy atom. The van der Waals surface area contributed by atoms with Crippen LogP contribution in [0.25, 0.3) is 0 Å². The summed E-state index contributed by atoms with van der Waals surface area (Å²) in [5.74, 6) is -0.422. The molecule has 1 heterocycles. The minimum atomic E-state index is -0.507. The summed E-state index contributed by atoms with van der Waals surface area (Å²) >= 11 is 6.04. The predicted octanol–water partition coefficient (Wildman–Crippen LogP) is 3.73. The molecule has 2 rings (SSSR count). The number of carbonyl (C=O) groups is 1. The lowest BCUT2D eigenvalue weighted by Gasteiger charge is -2.40. The van der Waals surface area contributed by atoms with Crippen LogP contribution in [0.2, 0.25) is 5.02 Å². The zero-order valence-corrected chi connectivity index (χ0v) is 14.4. The minimum Gasteiger partial charge on any atom is -0.396 e. The number of nitrogens with one attached hydrogen (secondary N) is 1. The van der Waals surface area contributed by atoms with Crippen LogP contribution in [0.4, 0.5) is 9.18 Å². The highest BCUT2D eigenvalue weighted by molar-refractivity contribution is 6.31. The smallest absolute Gasteiger partial charge is 0.317 e. The topological polar surface area (TPSA) is 52.6 Å². The van der Waals surface area contributed by atoms with Gasteiger partial charge in [-0.1, -0.05) is 24.6 Å². The summed E-state index contributed by atoms with van der Waals surface area (Å²) in [4.78, 5) is 14.1. The molecule has 1 unspecified atom stereocenters. The molecule has 1 fully saturated rings. The van der Waals surface area contributed by atoms with Crippen LogP contribution in [0.1, 0.15) is 44.7 Å². The van der Waals surface area contributed by atoms with E-state index in [-0.39, 0.29) is 18.1 Å². The van der Waals surface area contributed by atoms with Crippen LogP contribution in [-0.4, -0.2) is 35.7 Å². The lowest BCUT2D eigenvalue weighted by atomic mass is 9.77. The molecule has 1 aliphatic heterocycles. The van der Waals surface area contributed by atoms with E-state index in [1.165, 1.54) is 6.07 Å². The number of aliphatic hydroxyl groups excluding tert-OH is 1. The Kier molecular flexibility index (Phi) is 5.87. The number of urea groups is 1. The van der Waals surface area contributed by atoms with Crippen LogP contribution in [0.15, 0.2) is 18.2 Å². The van der Waals surface area contributed by atoms with Crippen molar-refractivity contribution in [1.82, 2.24) is 10.2 Å². The van der Waals surface area contributed by atoms with Gasteiger partial charge in [0.05, 0.1) is 6.04 Å². The predicted molar refractivity (Wildman–Crippen MR) is 89.0 cm³/mol. The molecule has 0 saturated carbocycles. The van der Waals surface area contributed by atoms with Crippen molar-refractivity contribution in [2.24, 2.45) is 5.41 Å². The summed E-state index contributed by atoms with van der Waals surface area (Å²) in [6, 6.07) is 3.76. The second-order valence-corrected chi connectivity index (χ2v) is 6.71. The molecule has 23 heavy (non-hydrogen) atoms. The fraction of sp³-hybridized carbons (Fsp3) is 0.588. The van der Waals surface area contributed by atoms with Gasteiger partial charge in [-0.15, -0.1) is 0 Å². The Hall–Kier alpha value is -1.33. The second kappa shape index (κ2) is 7.49. The fourth-order valence-electron chi connectivity index (χ4n) is 3.08. The maximum atomic E-state index is 13.9. The van der Waals surface area contributed by atoms with Gasteiger partial charge in [0, 0.05) is 30.3 Å². The molecule has 6 heteroatoms. The van der Waals surface area contributed by atoms with Gasteiger partial charge < -0.3 is 15.3 Å². The van der Waals surface area contributed by atoms with Crippen LogP contribution in [0.3, 0.4) is 0 Å². The Labute approximate surface area is 141 Å². The van der Waals surface area contributed by atoms with Gasteiger partial charge >= 0.3 is 6.03 Å². The molecule has 1 atom stereocenters. The molecule has 0 aliphatic carbocycles. The molecule has 128 valence electrons. The zero-order valence-electron chi connectivity index (χ0n) is 13.6. The van der Waals surface area contributed by atoms with Crippen molar-refractivity contribution >= 4 is 17.6 Å². The third kappa shape index (κ3) is 3.96. The molecule has 1 aliphatic rings. The average Bonchev–Trinajstić information content (AvgIpc) is 2.54. The Morgan fingerprint density at radius 3 is 2.65 bits per heavy atom. The summed E-state index contributed by atoms with van der Waals surface area (Å²) in [6.07, 6.45) is 2.46. The van der Waals surface area contributed by atoms with E-state index in [4.69, 9.17) is 11.6 Å². The Bertz CT molecular complexity index is 533. The summed E-state index contributed by atoms with van der Waals surface area (Å²) in [7, 11) is 0. The highest BCUT2D eigenvalue weighted by Gasteiger charge is 2.34. The lowest BCUT2D eigenvalue weighted by molar-refractivity contribution is 0.0515. The molecular weight excluding hydrogens is 319 g/mol. The number of amides is 2. The first-order valence-electron chi connectivity index (χ1n) is 8.02. The maximum absolute atomic E-state index is 13.9. The average molecular weight is 343 g/mol. The van der Waals surface area contributed by atoms with E-state index < -0.39 is 11.9 Å². The minimum absolute atomic E-state index is 0.0722. The number of hydrogen-bond donors (Lipinski definition) is 2. The number of carbonyl (C=O) groups excluding carboxylic acids is 1. The van der Waals surface area contributed by atoms with E-state index >= 15 is 0 Å². The molecule has 0 bridgehead atoms. The van der Waals surface area contributed by atoms with Gasteiger partial charge in [0.2, 0.25) is 0 Å². The first kappa shape index (κ1) is 18.0. The van der Waals surface area contributed by atoms with E-state index in [9.17, 15) is 14.3 Å². The SMILES string of the molecule is CCC1(CO)CCN(C(=O)NC(C)c2c(F)cccc2Cl)CC1. The highest BCUT2D eigenvalue weighted by Crippen LogP contribution is 2.34. The Morgan fingerprint density at radius 2 is 2.13 bits per heavy atom. The zero-order chi connectivity index (χ0) is 17.0. The number of hydrogen-bond acceptors (Lipinski definition) is 2. The van der Waals surface area contributed by atoms with Crippen LogP contribution >= 0.6 is 11.6 Å². The van der Waals surface area contributed by atoms with Crippen LogP contribution in [-0.2, 0) is 0 Å². The molecule has 1 aromatic rings. The molecule has 4 nitrogen and oxygen atoms in total. The summed E-state index contributed by atoms with van der Waals surface area (Å²) in [5.41, 5.74) is 0.231. The van der Waals surface area contributed by atoms with E-state index in [0.29, 0.717) is 23.7 Å². The van der Waals surface area contributed by atoms with Crippen molar-refractivity contribution in [2.75, 3.05) is 19.7 Å². The van der Waals surface area contributed by atoms with Gasteiger partial charge in [-0.2, -0.15) is 0 Å². The second-order valence-electron chi connectivity index (χ2n) is 6.31. The number of rotatable bonds is 4. The number of aliphatic hydroxyl groups is 1. The number of nitrogens with zero attached hydrogens (tertiary/aromatic N) is 1. The molecule has 1 saturated heterocycles. The summed E-state index contributed by atoms with van der Waals surface area (Å²) < 4.78 is 13.9. The fourth-order valence-corrected chi connectivity index (χ4v) is 3.41. The van der Waals surface area contributed by atoms with Gasteiger partial charge in [-0.05, 0) is 43.7 Å². The first-order valence-corrected chi connectivity index (χ1v) is 8.40. The summed E-state index contributed by atoms with van der Waals surface area (Å²) in [6.45, 7) is 5.13. The number of likely N-dealkylation sites (tertiary alicyclic amines) is 1. The van der Waals surface area contributed by atoms with Gasteiger partial charge in [0.25, 0.3) is 0 Å². The van der Waals surface area contributed by atoms with E-state index in [1.54, 1.807) is 24.0 Å². The van der Waals surface area contributed by atoms with Gasteiger partial charge in [0.1, 0.15) is 5.82 Å². The molecule has 2 N–H and O–H groups in total. The molecule has 0 spiro atoms. The highest BCUT2D eigenvalue weighted by atomic mass is 35.5. The molecular formula is C17H24ClFN2O2. The molecule has 0 aromatic heterocycles. The number of piperidine rings is 1. The van der Waals surface area contributed by atoms with Gasteiger partial charge in [-0.3, -0.25) is 0 Å². The number of halogens is 2. The molecule has 2 amide bonds. The van der Waals surface area contributed by atoms with Crippen LogP contribution < -0.4 is 5.32 Å². The Balaban J connectivity index is 1.98. The van der Waals surface area contributed by atoms with Gasteiger partial charge in [0.15, 0.2) is 0 Å². The van der Waals surface area contributed by atoms with Crippen molar-refractivity contribution < 1.29 is 14.3 Å². The largest absolute Gasteiger partial charge is 0.396 e. The molecule has 1 aromatic carbocycles. The maximum Gasteiger partial charge on any atom is 0.317 e. The van der Waals surface area contributed by atoms with Gasteiger partial charge in [-0.25, -0.2) is 9.18 Å². The lowest BCUT2D eigenvalue weighted by Crippen LogP contribution is -2.48. The van der Waals surface area contributed by atoms with Crippen molar-refractivity contribution in [3.8, 4) is 0 Å². The van der Waals surface area contributed by atoms with E-state index in [1.807, 2.05) is 0 Å². The molecule has 0 radical (unpaired) electrons. The van der Waals surface area contributed by atoms with Crippen molar-refractivity contribution in [3.63, 3.8) is 0 Å². The monoisotopic (exact) mass is 342 g/mol. The number of benzene rings is 1. The quantitative estimate of drug-likeness (QED) is 0.875. The van der Waals surface area contributed by atoms with E-state index in [2.05, 4.69) is 12.2 Å². The third-order valence-electron chi connectivity index (χ3n) is 4.97. The van der Waals surface area contributed by atoms with E-state index in [0.717, 1.165) is 19.3 Å². The standard InChI is InChI=1S/C17H24ClFN2O2/c1-3-17(11-22)7-9-21(10-8-17)16(23)20-12(2)15-13(18)5-4-6-14(15)19/h4-6,12,22H,3,7-11H2,1-2H3,(H,20,23). The third-order valence-corrected chi connectivity index (χ3v) is 5.30.